The molecule has 3 rings (SSSR count). The van der Waals surface area contributed by atoms with Gasteiger partial charge in [0.2, 0.25) is 20.6 Å². The fraction of sp³-hybridized carbons (Fsp3) is 0.258. The van der Waals surface area contributed by atoms with Crippen molar-refractivity contribution in [3.8, 4) is 18.0 Å². The van der Waals surface area contributed by atoms with Crippen LogP contribution in [0.1, 0.15) is 74.2 Å². The lowest BCUT2D eigenvalue weighted by molar-refractivity contribution is 0.358. The quantitative estimate of drug-likeness (QED) is 0.238. The number of aryl methyl sites for hydroxylation is 1. The summed E-state index contributed by atoms with van der Waals surface area (Å²) in [6.45, 7) is 8.89. The molecule has 0 saturated carbocycles. The number of benzene rings is 2. The standard InChI is InChI=1S/C31H31N5O4S/c1-5-7-15-27-35-30(37)29(31(38)36(27)26(6-2)23-13-10-11-22(18-23)19-32)41(39,40)28(34-4)17-16-21(3)25-14-9-8-12-24(25)20-33/h8-14,16-18,26,38H,4-7,15H2,1-3H3/b21-16+,28-17+/t26-/m0/s1. The number of rotatable bonds is 11. The van der Waals surface area contributed by atoms with Crippen molar-refractivity contribution in [2.75, 3.05) is 0 Å². The topological polar surface area (TPSA) is 149 Å². The van der Waals surface area contributed by atoms with Gasteiger partial charge in [-0.2, -0.15) is 15.5 Å². The molecule has 0 aliphatic heterocycles. The van der Waals surface area contributed by atoms with Gasteiger partial charge in [0.15, 0.2) is 5.03 Å². The van der Waals surface area contributed by atoms with Crippen LogP contribution in [-0.2, 0) is 16.3 Å². The van der Waals surface area contributed by atoms with Crippen LogP contribution in [0.3, 0.4) is 0 Å². The van der Waals surface area contributed by atoms with E-state index in [2.05, 4.69) is 28.8 Å². The summed E-state index contributed by atoms with van der Waals surface area (Å²) in [5, 5.41) is 29.7. The number of hydrogen-bond acceptors (Lipinski definition) is 8. The zero-order chi connectivity index (χ0) is 30.2. The Labute approximate surface area is 240 Å². The number of allylic oxidation sites excluding steroid dienone is 3. The Balaban J connectivity index is 2.25. The maximum Gasteiger partial charge on any atom is 0.296 e. The number of unbranched alkanes of at least 4 members (excludes halogenated alkanes) is 1. The Hall–Kier alpha value is -4.80. The number of nitrogens with zero attached hydrogens (tertiary/aromatic N) is 5. The van der Waals surface area contributed by atoms with Crippen LogP contribution in [0.5, 0.6) is 5.88 Å². The molecule has 0 aliphatic carbocycles. The van der Waals surface area contributed by atoms with Gasteiger partial charge >= 0.3 is 0 Å². The smallest absolute Gasteiger partial charge is 0.296 e. The first kappa shape index (κ1) is 30.7. The summed E-state index contributed by atoms with van der Waals surface area (Å²) in [7, 11) is -4.68. The maximum atomic E-state index is 13.8. The van der Waals surface area contributed by atoms with E-state index in [1.54, 1.807) is 55.5 Å². The van der Waals surface area contributed by atoms with E-state index in [0.717, 1.165) is 6.42 Å². The lowest BCUT2D eigenvalue weighted by atomic mass is 10.0. The molecule has 0 amide bonds. The molecule has 3 aromatic rings. The molecule has 1 N–H and O–H groups in total. The molecule has 210 valence electrons. The van der Waals surface area contributed by atoms with Gasteiger partial charge in [0, 0.05) is 6.42 Å². The molecule has 0 saturated heterocycles. The van der Waals surface area contributed by atoms with E-state index in [9.17, 15) is 28.8 Å². The van der Waals surface area contributed by atoms with Crippen LogP contribution in [-0.4, -0.2) is 29.8 Å². The highest BCUT2D eigenvalue weighted by Gasteiger charge is 2.33. The molecule has 2 aromatic carbocycles. The van der Waals surface area contributed by atoms with Crippen LogP contribution in [0.25, 0.3) is 5.57 Å². The van der Waals surface area contributed by atoms with Crippen molar-refractivity contribution in [3.05, 3.63) is 104 Å². The number of hydrogen-bond donors (Lipinski definition) is 1. The Morgan fingerprint density at radius 2 is 1.88 bits per heavy atom. The highest BCUT2D eigenvalue weighted by molar-refractivity contribution is 7.95. The average molecular weight is 570 g/mol. The molecular weight excluding hydrogens is 538 g/mol. The lowest BCUT2D eigenvalue weighted by Gasteiger charge is -2.25. The fourth-order valence-corrected chi connectivity index (χ4v) is 5.79. The number of aromatic nitrogens is 2. The Bertz CT molecular complexity index is 1770. The summed E-state index contributed by atoms with van der Waals surface area (Å²) >= 11 is 0. The molecule has 0 spiro atoms. The van der Waals surface area contributed by atoms with E-state index < -0.39 is 37.2 Å². The van der Waals surface area contributed by atoms with Gasteiger partial charge in [-0.25, -0.2) is 8.42 Å². The van der Waals surface area contributed by atoms with E-state index in [1.807, 2.05) is 13.8 Å². The van der Waals surface area contributed by atoms with Crippen molar-refractivity contribution in [3.63, 3.8) is 0 Å². The predicted molar refractivity (Wildman–Crippen MR) is 158 cm³/mol. The van der Waals surface area contributed by atoms with Crippen LogP contribution in [0, 0.1) is 22.7 Å². The first-order valence-electron chi connectivity index (χ1n) is 13.1. The van der Waals surface area contributed by atoms with Crippen LogP contribution in [0.2, 0.25) is 0 Å². The summed E-state index contributed by atoms with van der Waals surface area (Å²) in [4.78, 5) is 20.1. The normalized spacial score (nSPS) is 12.8. The zero-order valence-corrected chi connectivity index (χ0v) is 24.0. The first-order chi connectivity index (χ1) is 19.6. The van der Waals surface area contributed by atoms with Crippen molar-refractivity contribution in [1.29, 1.82) is 10.5 Å². The molecule has 0 unspecified atom stereocenters. The van der Waals surface area contributed by atoms with Crippen LogP contribution in [0.4, 0.5) is 0 Å². The molecule has 1 aromatic heterocycles. The molecule has 0 radical (unpaired) electrons. The molecule has 1 heterocycles. The molecule has 0 aliphatic rings. The van der Waals surface area contributed by atoms with Gasteiger partial charge in [-0.3, -0.25) is 14.4 Å². The molecule has 1 atom stereocenters. The van der Waals surface area contributed by atoms with Gasteiger partial charge in [-0.1, -0.05) is 56.7 Å². The third-order valence-corrected chi connectivity index (χ3v) is 8.35. The van der Waals surface area contributed by atoms with E-state index in [0.29, 0.717) is 47.1 Å². The summed E-state index contributed by atoms with van der Waals surface area (Å²) in [5.74, 6) is -0.515. The van der Waals surface area contributed by atoms with Crippen molar-refractivity contribution in [2.45, 2.75) is 57.4 Å². The Morgan fingerprint density at radius 1 is 1.15 bits per heavy atom. The fourth-order valence-electron chi connectivity index (χ4n) is 4.55. The lowest BCUT2D eigenvalue weighted by Crippen LogP contribution is -2.27. The van der Waals surface area contributed by atoms with Gasteiger partial charge in [0.25, 0.3) is 5.56 Å². The Kier molecular flexibility index (Phi) is 10.1. The minimum absolute atomic E-state index is 0.239. The van der Waals surface area contributed by atoms with Crippen molar-refractivity contribution >= 4 is 22.1 Å². The second kappa shape index (κ2) is 13.5. The molecule has 0 bridgehead atoms. The molecular formula is C31H31N5O4S. The molecule has 0 fully saturated rings. The van der Waals surface area contributed by atoms with Gasteiger partial charge in [0.1, 0.15) is 5.82 Å². The summed E-state index contributed by atoms with van der Waals surface area (Å²) in [5.41, 5.74) is 1.54. The minimum Gasteiger partial charge on any atom is -0.493 e. The number of sulfone groups is 1. The predicted octanol–water partition coefficient (Wildman–Crippen LogP) is 5.45. The van der Waals surface area contributed by atoms with Gasteiger partial charge in [-0.15, -0.1) is 0 Å². The first-order valence-corrected chi connectivity index (χ1v) is 14.6. The second-order valence-electron chi connectivity index (χ2n) is 9.29. The zero-order valence-electron chi connectivity index (χ0n) is 23.2. The van der Waals surface area contributed by atoms with Crippen molar-refractivity contribution < 1.29 is 13.5 Å². The maximum absolute atomic E-state index is 13.8. The third-order valence-electron chi connectivity index (χ3n) is 6.64. The number of aliphatic imine (C=N–C) groups is 1. The summed E-state index contributed by atoms with van der Waals surface area (Å²) < 4.78 is 28.9. The SMILES string of the molecule is C=N/C(=C\C=C(/C)c1ccccc1C#N)S(=O)(=O)c1c(O)n([C@@H](CC)c2cccc(C#N)c2)c(CCCC)nc1=O. The third kappa shape index (κ3) is 6.51. The van der Waals surface area contributed by atoms with E-state index in [-0.39, 0.29) is 5.82 Å². The minimum atomic E-state index is -4.68. The molecule has 9 nitrogen and oxygen atoms in total. The largest absolute Gasteiger partial charge is 0.493 e. The van der Waals surface area contributed by atoms with Gasteiger partial charge < -0.3 is 5.11 Å². The van der Waals surface area contributed by atoms with Crippen LogP contribution < -0.4 is 5.56 Å². The van der Waals surface area contributed by atoms with Crippen molar-refractivity contribution in [2.24, 2.45) is 4.99 Å². The summed E-state index contributed by atoms with van der Waals surface area (Å²) in [6.07, 6.45) is 4.81. The van der Waals surface area contributed by atoms with Gasteiger partial charge in [-0.05, 0) is 67.5 Å². The molecule has 41 heavy (non-hydrogen) atoms. The number of nitriles is 2. The highest BCUT2D eigenvalue weighted by Crippen LogP contribution is 2.33. The number of aromatic hydroxyl groups is 1. The Morgan fingerprint density at radius 3 is 2.51 bits per heavy atom. The summed E-state index contributed by atoms with van der Waals surface area (Å²) in [6, 6.07) is 17.2. The van der Waals surface area contributed by atoms with E-state index in [1.165, 1.54) is 16.7 Å². The monoisotopic (exact) mass is 569 g/mol. The van der Waals surface area contributed by atoms with Crippen LogP contribution >= 0.6 is 0 Å². The van der Waals surface area contributed by atoms with E-state index >= 15 is 0 Å². The van der Waals surface area contributed by atoms with Gasteiger partial charge in [0.05, 0.1) is 29.3 Å². The molecule has 10 heteroatoms. The average Bonchev–Trinajstić information content (AvgIpc) is 2.97. The van der Waals surface area contributed by atoms with Crippen molar-refractivity contribution in [1.82, 2.24) is 9.55 Å². The second-order valence-corrected chi connectivity index (χ2v) is 11.1. The van der Waals surface area contributed by atoms with E-state index in [4.69, 9.17) is 0 Å². The van der Waals surface area contributed by atoms with Crippen LogP contribution in [0.15, 0.2) is 80.4 Å². The highest BCUT2D eigenvalue weighted by atomic mass is 32.2.